The van der Waals surface area contributed by atoms with Gasteiger partial charge in [0.1, 0.15) is 0 Å². The highest BCUT2D eigenvalue weighted by molar-refractivity contribution is 5.93. The quantitative estimate of drug-likeness (QED) is 0.879. The molecule has 0 aliphatic carbocycles. The molecule has 26 heavy (non-hydrogen) atoms. The van der Waals surface area contributed by atoms with E-state index >= 15 is 0 Å². The molecule has 7 heteroatoms. The second-order valence-electron chi connectivity index (χ2n) is 6.23. The van der Waals surface area contributed by atoms with E-state index in [1.807, 2.05) is 18.2 Å². The van der Waals surface area contributed by atoms with Crippen molar-refractivity contribution < 1.29 is 19.0 Å². The summed E-state index contributed by atoms with van der Waals surface area (Å²) >= 11 is 0. The van der Waals surface area contributed by atoms with Gasteiger partial charge in [-0.3, -0.25) is 14.7 Å². The number of rotatable bonds is 5. The van der Waals surface area contributed by atoms with Crippen LogP contribution in [0.3, 0.4) is 0 Å². The van der Waals surface area contributed by atoms with Gasteiger partial charge in [-0.05, 0) is 29.8 Å². The molecule has 2 aliphatic rings. The van der Waals surface area contributed by atoms with Gasteiger partial charge in [0.05, 0.1) is 24.8 Å². The van der Waals surface area contributed by atoms with E-state index < -0.39 is 0 Å². The second kappa shape index (κ2) is 7.72. The Morgan fingerprint density at radius 3 is 2.85 bits per heavy atom. The van der Waals surface area contributed by atoms with Crippen LogP contribution in [0.1, 0.15) is 22.0 Å². The van der Waals surface area contributed by atoms with Gasteiger partial charge in [-0.25, -0.2) is 0 Å². The number of amides is 1. The predicted molar refractivity (Wildman–Crippen MR) is 94.3 cm³/mol. The molecule has 0 radical (unpaired) electrons. The van der Waals surface area contributed by atoms with Crippen molar-refractivity contribution in [2.75, 3.05) is 39.6 Å². The molecule has 1 atom stereocenters. The highest BCUT2D eigenvalue weighted by atomic mass is 16.7. The van der Waals surface area contributed by atoms with Crippen molar-refractivity contribution >= 4 is 5.91 Å². The summed E-state index contributed by atoms with van der Waals surface area (Å²) in [6, 6.07) is 9.50. The number of hydrogen-bond acceptors (Lipinski definition) is 6. The number of pyridine rings is 1. The van der Waals surface area contributed by atoms with Gasteiger partial charge in [-0.2, -0.15) is 0 Å². The Bertz CT molecular complexity index is 763. The fourth-order valence-electron chi connectivity index (χ4n) is 3.26. The standard InChI is InChI=1S/C19H21N3O4/c23-19(15-2-1-5-20-11-15)21-12-16(22-6-8-24-9-7-22)14-3-4-17-18(10-14)26-13-25-17/h1-5,10-11,16H,6-9,12-13H2,(H,21,23). The molecule has 2 aliphatic heterocycles. The van der Waals surface area contributed by atoms with Gasteiger partial charge in [-0.15, -0.1) is 0 Å². The van der Waals surface area contributed by atoms with Crippen LogP contribution >= 0.6 is 0 Å². The van der Waals surface area contributed by atoms with E-state index in [1.165, 1.54) is 0 Å². The van der Waals surface area contributed by atoms with E-state index in [0.717, 1.165) is 30.2 Å². The minimum absolute atomic E-state index is 0.0361. The molecule has 7 nitrogen and oxygen atoms in total. The maximum Gasteiger partial charge on any atom is 0.252 e. The van der Waals surface area contributed by atoms with E-state index in [9.17, 15) is 4.79 Å². The van der Waals surface area contributed by atoms with Crippen molar-refractivity contribution in [1.29, 1.82) is 0 Å². The van der Waals surface area contributed by atoms with Gasteiger partial charge in [-0.1, -0.05) is 6.07 Å². The Morgan fingerprint density at radius 1 is 1.19 bits per heavy atom. The predicted octanol–water partition coefficient (Wildman–Crippen LogP) is 1.61. The van der Waals surface area contributed by atoms with Crippen LogP contribution in [0, 0.1) is 0 Å². The van der Waals surface area contributed by atoms with Gasteiger partial charge < -0.3 is 19.5 Å². The summed E-state index contributed by atoms with van der Waals surface area (Å²) in [6.45, 7) is 3.77. The Balaban J connectivity index is 1.52. The monoisotopic (exact) mass is 355 g/mol. The third kappa shape index (κ3) is 3.63. The number of morpholine rings is 1. The Labute approximate surface area is 151 Å². The zero-order valence-electron chi connectivity index (χ0n) is 14.4. The number of nitrogens with one attached hydrogen (secondary N) is 1. The van der Waals surface area contributed by atoms with Crippen molar-refractivity contribution in [2.24, 2.45) is 0 Å². The molecule has 1 aromatic heterocycles. The van der Waals surface area contributed by atoms with E-state index in [4.69, 9.17) is 14.2 Å². The second-order valence-corrected chi connectivity index (χ2v) is 6.23. The van der Waals surface area contributed by atoms with Gasteiger partial charge in [0.25, 0.3) is 5.91 Å². The Morgan fingerprint density at radius 2 is 2.04 bits per heavy atom. The molecule has 0 saturated carbocycles. The van der Waals surface area contributed by atoms with Crippen LogP contribution in [-0.2, 0) is 4.74 Å². The lowest BCUT2D eigenvalue weighted by Gasteiger charge is -2.35. The van der Waals surface area contributed by atoms with Gasteiger partial charge in [0.15, 0.2) is 11.5 Å². The average molecular weight is 355 g/mol. The first-order valence-corrected chi connectivity index (χ1v) is 8.71. The van der Waals surface area contributed by atoms with Crippen molar-refractivity contribution in [3.8, 4) is 11.5 Å². The number of fused-ring (bicyclic) bond motifs is 1. The highest BCUT2D eigenvalue weighted by Crippen LogP contribution is 2.35. The molecule has 1 fully saturated rings. The van der Waals surface area contributed by atoms with E-state index in [0.29, 0.717) is 25.3 Å². The lowest BCUT2D eigenvalue weighted by molar-refractivity contribution is 0.0162. The molecule has 1 aromatic carbocycles. The molecule has 1 saturated heterocycles. The van der Waals surface area contributed by atoms with Crippen molar-refractivity contribution in [3.05, 3.63) is 53.9 Å². The first-order chi connectivity index (χ1) is 12.8. The van der Waals surface area contributed by atoms with Crippen molar-refractivity contribution in [3.63, 3.8) is 0 Å². The zero-order chi connectivity index (χ0) is 17.8. The molecule has 1 N–H and O–H groups in total. The lowest BCUT2D eigenvalue weighted by atomic mass is 10.0. The van der Waals surface area contributed by atoms with Crippen molar-refractivity contribution in [2.45, 2.75) is 6.04 Å². The molecule has 136 valence electrons. The van der Waals surface area contributed by atoms with Crippen LogP contribution in [0.25, 0.3) is 0 Å². The Kier molecular flexibility index (Phi) is 4.99. The van der Waals surface area contributed by atoms with Crippen LogP contribution in [-0.4, -0.2) is 55.4 Å². The van der Waals surface area contributed by atoms with E-state index in [-0.39, 0.29) is 18.7 Å². The summed E-state index contributed by atoms with van der Waals surface area (Å²) < 4.78 is 16.4. The Hall–Kier alpha value is -2.64. The summed E-state index contributed by atoms with van der Waals surface area (Å²) in [7, 11) is 0. The molecule has 1 amide bonds. The number of carbonyl (C=O) groups is 1. The minimum Gasteiger partial charge on any atom is -0.454 e. The third-order valence-electron chi connectivity index (χ3n) is 4.65. The molecular weight excluding hydrogens is 334 g/mol. The summed E-state index contributed by atoms with van der Waals surface area (Å²) in [5.41, 5.74) is 1.64. The van der Waals surface area contributed by atoms with E-state index in [2.05, 4.69) is 15.2 Å². The smallest absolute Gasteiger partial charge is 0.252 e. The van der Waals surface area contributed by atoms with E-state index in [1.54, 1.807) is 24.5 Å². The van der Waals surface area contributed by atoms with Crippen LogP contribution < -0.4 is 14.8 Å². The number of aromatic nitrogens is 1. The number of ether oxygens (including phenoxy) is 3. The molecular formula is C19H21N3O4. The lowest BCUT2D eigenvalue weighted by Crippen LogP contribution is -2.43. The summed E-state index contributed by atoms with van der Waals surface area (Å²) in [4.78, 5) is 18.7. The van der Waals surface area contributed by atoms with Gasteiger partial charge in [0.2, 0.25) is 6.79 Å². The molecule has 0 spiro atoms. The van der Waals surface area contributed by atoms with Crippen LogP contribution in [0.4, 0.5) is 0 Å². The first kappa shape index (κ1) is 16.8. The maximum atomic E-state index is 12.4. The minimum atomic E-state index is -0.128. The summed E-state index contributed by atoms with van der Waals surface area (Å²) in [5, 5.41) is 3.03. The maximum absolute atomic E-state index is 12.4. The van der Waals surface area contributed by atoms with Gasteiger partial charge in [0, 0.05) is 32.0 Å². The fourth-order valence-corrected chi connectivity index (χ4v) is 3.26. The van der Waals surface area contributed by atoms with Crippen LogP contribution in [0.2, 0.25) is 0 Å². The molecule has 2 aromatic rings. The molecule has 3 heterocycles. The fraction of sp³-hybridized carbons (Fsp3) is 0.368. The normalized spacial score (nSPS) is 17.7. The number of carbonyl (C=O) groups excluding carboxylic acids is 1. The molecule has 4 rings (SSSR count). The van der Waals surface area contributed by atoms with Crippen LogP contribution in [0.15, 0.2) is 42.7 Å². The third-order valence-corrected chi connectivity index (χ3v) is 4.65. The molecule has 1 unspecified atom stereocenters. The molecule has 0 bridgehead atoms. The SMILES string of the molecule is O=C(NCC(c1ccc2c(c1)OCO2)N1CCOCC1)c1cccnc1. The largest absolute Gasteiger partial charge is 0.454 e. The number of nitrogens with zero attached hydrogens (tertiary/aromatic N) is 2. The highest BCUT2D eigenvalue weighted by Gasteiger charge is 2.25. The average Bonchev–Trinajstić information content (AvgIpc) is 3.17. The topological polar surface area (TPSA) is 72.9 Å². The van der Waals surface area contributed by atoms with Gasteiger partial charge >= 0.3 is 0 Å². The number of hydrogen-bond donors (Lipinski definition) is 1. The zero-order valence-corrected chi connectivity index (χ0v) is 14.4. The van der Waals surface area contributed by atoms with Crippen LogP contribution in [0.5, 0.6) is 11.5 Å². The van der Waals surface area contributed by atoms with Crippen molar-refractivity contribution in [1.82, 2.24) is 15.2 Å². The summed E-state index contributed by atoms with van der Waals surface area (Å²) in [5.74, 6) is 1.38. The first-order valence-electron chi connectivity index (χ1n) is 8.71. The summed E-state index contributed by atoms with van der Waals surface area (Å²) in [6.07, 6.45) is 3.22. The number of benzene rings is 1.